The maximum atomic E-state index is 11.1. The molecule has 0 aromatic carbocycles. The lowest BCUT2D eigenvalue weighted by Gasteiger charge is -2.36. The predicted molar refractivity (Wildman–Crippen MR) is 142 cm³/mol. The van der Waals surface area contributed by atoms with Gasteiger partial charge < -0.3 is 20.1 Å². The first-order valence-electron chi connectivity index (χ1n) is 14.3. The maximum absolute atomic E-state index is 11.1. The van der Waals surface area contributed by atoms with E-state index in [1.54, 1.807) is 7.11 Å². The molecular formula is C30H56O4. The summed E-state index contributed by atoms with van der Waals surface area (Å²) in [7, 11) is 1.78. The van der Waals surface area contributed by atoms with Gasteiger partial charge in [0.15, 0.2) is 0 Å². The van der Waals surface area contributed by atoms with Crippen molar-refractivity contribution in [3.05, 3.63) is 12.2 Å². The minimum Gasteiger partial charge on any atom is -0.396 e. The number of hydrogen-bond donors (Lipinski definition) is 3. The normalized spacial score (nSPS) is 31.3. The van der Waals surface area contributed by atoms with Gasteiger partial charge in [0.25, 0.3) is 0 Å². The zero-order valence-corrected chi connectivity index (χ0v) is 23.0. The quantitative estimate of drug-likeness (QED) is 0.192. The summed E-state index contributed by atoms with van der Waals surface area (Å²) in [4.78, 5) is 0. The topological polar surface area (TPSA) is 69.9 Å². The van der Waals surface area contributed by atoms with Crippen LogP contribution in [0.3, 0.4) is 0 Å². The highest BCUT2D eigenvalue weighted by Gasteiger charge is 2.33. The van der Waals surface area contributed by atoms with Crippen LogP contribution in [0.25, 0.3) is 0 Å². The third-order valence-electron chi connectivity index (χ3n) is 8.94. The molecule has 3 N–H and O–H groups in total. The van der Waals surface area contributed by atoms with E-state index in [2.05, 4.69) is 39.8 Å². The molecule has 4 nitrogen and oxygen atoms in total. The van der Waals surface area contributed by atoms with Crippen LogP contribution in [0.2, 0.25) is 0 Å². The molecule has 4 heteroatoms. The van der Waals surface area contributed by atoms with Gasteiger partial charge in [0, 0.05) is 25.6 Å². The molecule has 0 aromatic heterocycles. The lowest BCUT2D eigenvalue weighted by atomic mass is 9.73. The summed E-state index contributed by atoms with van der Waals surface area (Å²) in [6.45, 7) is 8.77. The minimum absolute atomic E-state index is 0.00958. The van der Waals surface area contributed by atoms with Crippen LogP contribution in [0.15, 0.2) is 12.2 Å². The first-order valence-corrected chi connectivity index (χ1v) is 14.3. The van der Waals surface area contributed by atoms with Gasteiger partial charge in [-0.05, 0) is 82.5 Å². The summed E-state index contributed by atoms with van der Waals surface area (Å²) in [5, 5.41) is 31.5. The molecule has 0 radical (unpaired) electrons. The Labute approximate surface area is 210 Å². The number of hydrogen-bond acceptors (Lipinski definition) is 4. The molecule has 2 rings (SSSR count). The van der Waals surface area contributed by atoms with Crippen molar-refractivity contribution in [1.29, 1.82) is 0 Å². The van der Waals surface area contributed by atoms with Gasteiger partial charge >= 0.3 is 0 Å². The second-order valence-corrected chi connectivity index (χ2v) is 12.9. The zero-order valence-electron chi connectivity index (χ0n) is 23.0. The number of aliphatic hydroxyl groups is 3. The summed E-state index contributed by atoms with van der Waals surface area (Å²) >= 11 is 0. The third kappa shape index (κ3) is 9.91. The molecule has 6 atom stereocenters. The van der Waals surface area contributed by atoms with Crippen molar-refractivity contribution < 1.29 is 20.1 Å². The Kier molecular flexibility index (Phi) is 12.6. The molecule has 0 spiro atoms. The lowest BCUT2D eigenvalue weighted by molar-refractivity contribution is 0.00977. The van der Waals surface area contributed by atoms with Gasteiger partial charge in [-0.25, -0.2) is 0 Å². The van der Waals surface area contributed by atoms with Gasteiger partial charge in [0.05, 0.1) is 17.8 Å². The molecule has 0 saturated heterocycles. The molecule has 6 unspecified atom stereocenters. The molecule has 2 aliphatic carbocycles. The molecule has 0 amide bonds. The van der Waals surface area contributed by atoms with E-state index in [0.717, 1.165) is 77.0 Å². The van der Waals surface area contributed by atoms with Crippen molar-refractivity contribution in [1.82, 2.24) is 0 Å². The van der Waals surface area contributed by atoms with Crippen LogP contribution in [0.5, 0.6) is 0 Å². The Bertz CT molecular complexity index is 534. The Morgan fingerprint density at radius 2 is 1.21 bits per heavy atom. The highest BCUT2D eigenvalue weighted by Crippen LogP contribution is 2.37. The summed E-state index contributed by atoms with van der Waals surface area (Å²) in [5.74, 6) is 1.27. The predicted octanol–water partition coefficient (Wildman–Crippen LogP) is 6.66. The number of aliphatic hydroxyl groups excluding tert-OH is 3. The van der Waals surface area contributed by atoms with E-state index >= 15 is 0 Å². The van der Waals surface area contributed by atoms with Crippen molar-refractivity contribution >= 4 is 0 Å². The van der Waals surface area contributed by atoms with E-state index in [1.807, 2.05) is 0 Å². The number of ether oxygens (including phenoxy) is 1. The van der Waals surface area contributed by atoms with E-state index in [4.69, 9.17) is 4.74 Å². The standard InChI is InChI=1S/C30H56O4/c1-29(2,22-31)20-8-6-12-23-14-10-16-25(27(23)32)18-19-26-17-11-15-24(28(26)33)13-7-9-21-30(3,4)34-5/h18-19,23-28,31-33H,6-17,20-22H2,1-5H3/b19-18-. The van der Waals surface area contributed by atoms with Crippen molar-refractivity contribution in [2.24, 2.45) is 29.1 Å². The van der Waals surface area contributed by atoms with Crippen LogP contribution < -0.4 is 0 Å². The maximum Gasteiger partial charge on any atom is 0.0630 e. The average molecular weight is 481 g/mol. The van der Waals surface area contributed by atoms with E-state index in [1.165, 1.54) is 12.8 Å². The molecule has 0 heterocycles. The molecule has 200 valence electrons. The highest BCUT2D eigenvalue weighted by atomic mass is 16.5. The fourth-order valence-corrected chi connectivity index (χ4v) is 6.10. The Morgan fingerprint density at radius 3 is 1.65 bits per heavy atom. The molecule has 2 saturated carbocycles. The minimum atomic E-state index is -0.253. The van der Waals surface area contributed by atoms with E-state index in [9.17, 15) is 15.3 Å². The molecule has 34 heavy (non-hydrogen) atoms. The van der Waals surface area contributed by atoms with Crippen LogP contribution in [0.1, 0.15) is 118 Å². The summed E-state index contributed by atoms with van der Waals surface area (Å²) in [6, 6.07) is 0. The van der Waals surface area contributed by atoms with Crippen molar-refractivity contribution in [3.63, 3.8) is 0 Å². The largest absolute Gasteiger partial charge is 0.396 e. The van der Waals surface area contributed by atoms with Crippen LogP contribution in [-0.2, 0) is 4.74 Å². The molecule has 2 fully saturated rings. The second kappa shape index (κ2) is 14.4. The highest BCUT2D eigenvalue weighted by molar-refractivity contribution is 5.02. The number of methoxy groups -OCH3 is 1. The van der Waals surface area contributed by atoms with Gasteiger partial charge in [-0.1, -0.05) is 64.5 Å². The Balaban J connectivity index is 1.78. The van der Waals surface area contributed by atoms with E-state index < -0.39 is 0 Å². The monoisotopic (exact) mass is 480 g/mol. The van der Waals surface area contributed by atoms with Gasteiger partial charge in [-0.3, -0.25) is 0 Å². The smallest absolute Gasteiger partial charge is 0.0630 e. The van der Waals surface area contributed by atoms with Gasteiger partial charge in [0.1, 0.15) is 0 Å². The number of rotatable bonds is 14. The van der Waals surface area contributed by atoms with Crippen LogP contribution >= 0.6 is 0 Å². The second-order valence-electron chi connectivity index (χ2n) is 12.9. The van der Waals surface area contributed by atoms with Crippen LogP contribution in [0.4, 0.5) is 0 Å². The number of unbranched alkanes of at least 4 members (excludes halogenated alkanes) is 2. The fourth-order valence-electron chi connectivity index (χ4n) is 6.10. The Hall–Kier alpha value is -0.420. The van der Waals surface area contributed by atoms with Crippen LogP contribution in [-0.4, -0.2) is 46.8 Å². The molecular weight excluding hydrogens is 424 g/mol. The fraction of sp³-hybridized carbons (Fsp3) is 0.933. The summed E-state index contributed by atoms with van der Waals surface area (Å²) in [5.41, 5.74) is -0.0409. The molecule has 2 aliphatic rings. The zero-order chi connectivity index (χ0) is 25.2. The first kappa shape index (κ1) is 29.8. The first-order chi connectivity index (χ1) is 16.1. The lowest BCUT2D eigenvalue weighted by Crippen LogP contribution is -2.34. The SMILES string of the molecule is COC(C)(C)CCCCC1CCCC(/C=C\C2CCCC(CCCCC(C)(C)CO)C2O)C1O. The van der Waals surface area contributed by atoms with Gasteiger partial charge in [-0.15, -0.1) is 0 Å². The molecule has 0 aliphatic heterocycles. The summed E-state index contributed by atoms with van der Waals surface area (Å²) < 4.78 is 5.53. The summed E-state index contributed by atoms with van der Waals surface area (Å²) in [6.07, 6.45) is 19.6. The van der Waals surface area contributed by atoms with Gasteiger partial charge in [-0.2, -0.15) is 0 Å². The Morgan fingerprint density at radius 1 is 0.735 bits per heavy atom. The van der Waals surface area contributed by atoms with Crippen molar-refractivity contribution in [2.45, 2.75) is 135 Å². The molecule has 0 aromatic rings. The van der Waals surface area contributed by atoms with E-state index in [-0.39, 0.29) is 41.7 Å². The third-order valence-corrected chi connectivity index (χ3v) is 8.94. The van der Waals surface area contributed by atoms with E-state index in [0.29, 0.717) is 11.8 Å². The van der Waals surface area contributed by atoms with Crippen molar-refractivity contribution in [3.8, 4) is 0 Å². The van der Waals surface area contributed by atoms with Gasteiger partial charge in [0.2, 0.25) is 0 Å². The van der Waals surface area contributed by atoms with Crippen LogP contribution in [0, 0.1) is 29.1 Å². The average Bonchev–Trinajstić information content (AvgIpc) is 2.81. The van der Waals surface area contributed by atoms with Crippen molar-refractivity contribution in [2.75, 3.05) is 13.7 Å². The molecule has 0 bridgehead atoms.